The zero-order chi connectivity index (χ0) is 21.7. The molecule has 0 saturated carbocycles. The molecule has 1 fully saturated rings. The number of carbonyl (C=O) groups excluding carboxylic acids is 1. The molecule has 1 aliphatic rings. The van der Waals surface area contributed by atoms with Crippen molar-refractivity contribution in [3.8, 4) is 5.75 Å². The molecule has 2 heterocycles. The number of likely N-dealkylation sites (tertiary alicyclic amines) is 1. The van der Waals surface area contributed by atoms with E-state index in [4.69, 9.17) is 10.5 Å². The molecular weight excluding hydrogens is 382 g/mol. The number of methoxy groups -OCH3 is 1. The average Bonchev–Trinajstić information content (AvgIpc) is 2.88. The number of nitrogens with two attached hydrogens (primary N) is 1. The fourth-order valence-electron chi connectivity index (χ4n) is 4.00. The summed E-state index contributed by atoms with van der Waals surface area (Å²) in [5, 5.41) is 11.2. The van der Waals surface area contributed by atoms with Gasteiger partial charge in [-0.05, 0) is 57.0 Å². The standard InChI is InChI=1S/C22H31N5O3/c1-16-13-19(25-21(23)24-16)20(28)27-11-4-9-22(29,10-12-27)15-26(2)14-17-5-7-18(30-3)8-6-17/h5-8,13,29H,4,9-12,14-15H2,1-3H3,(H2,23,24,25)/t22-/m1/s1. The third-order valence-corrected chi connectivity index (χ3v) is 5.47. The molecule has 3 N–H and O–H groups in total. The Kier molecular flexibility index (Phi) is 6.89. The summed E-state index contributed by atoms with van der Waals surface area (Å²) in [6.45, 7) is 4.13. The van der Waals surface area contributed by atoms with Crippen LogP contribution in [-0.4, -0.2) is 70.2 Å². The van der Waals surface area contributed by atoms with Crippen molar-refractivity contribution in [1.82, 2.24) is 19.8 Å². The van der Waals surface area contributed by atoms with E-state index in [-0.39, 0.29) is 11.9 Å². The van der Waals surface area contributed by atoms with Gasteiger partial charge in [-0.1, -0.05) is 12.1 Å². The fraction of sp³-hybridized carbons (Fsp3) is 0.500. The Balaban J connectivity index is 1.59. The van der Waals surface area contributed by atoms with Gasteiger partial charge in [0.15, 0.2) is 0 Å². The highest BCUT2D eigenvalue weighted by atomic mass is 16.5. The number of rotatable bonds is 6. The minimum Gasteiger partial charge on any atom is -0.497 e. The van der Waals surface area contributed by atoms with Gasteiger partial charge in [-0.2, -0.15) is 0 Å². The molecule has 3 rings (SSSR count). The number of anilines is 1. The first-order valence-electron chi connectivity index (χ1n) is 10.2. The van der Waals surface area contributed by atoms with Crippen LogP contribution in [0.15, 0.2) is 30.3 Å². The molecule has 0 radical (unpaired) electrons. The van der Waals surface area contributed by atoms with Crippen LogP contribution in [0.25, 0.3) is 0 Å². The van der Waals surface area contributed by atoms with Crippen LogP contribution in [-0.2, 0) is 6.54 Å². The number of nitrogens with zero attached hydrogens (tertiary/aromatic N) is 4. The van der Waals surface area contributed by atoms with Crippen molar-refractivity contribution in [2.75, 3.05) is 39.5 Å². The second kappa shape index (κ2) is 9.40. The van der Waals surface area contributed by atoms with E-state index in [0.29, 0.717) is 43.9 Å². The molecule has 1 amide bonds. The van der Waals surface area contributed by atoms with E-state index >= 15 is 0 Å². The summed E-state index contributed by atoms with van der Waals surface area (Å²) < 4.78 is 5.20. The van der Waals surface area contributed by atoms with E-state index in [9.17, 15) is 9.90 Å². The molecule has 1 saturated heterocycles. The molecule has 1 atom stereocenters. The van der Waals surface area contributed by atoms with E-state index in [1.54, 1.807) is 25.0 Å². The number of hydrogen-bond acceptors (Lipinski definition) is 7. The van der Waals surface area contributed by atoms with Crippen molar-refractivity contribution in [1.29, 1.82) is 0 Å². The zero-order valence-electron chi connectivity index (χ0n) is 18.0. The van der Waals surface area contributed by atoms with Crippen LogP contribution >= 0.6 is 0 Å². The average molecular weight is 414 g/mol. The summed E-state index contributed by atoms with van der Waals surface area (Å²) in [6, 6.07) is 9.59. The number of ether oxygens (including phenoxy) is 1. The maximum Gasteiger partial charge on any atom is 0.272 e. The molecule has 162 valence electrons. The Hall–Kier alpha value is -2.71. The number of amides is 1. The third kappa shape index (κ3) is 5.67. The van der Waals surface area contributed by atoms with Gasteiger partial charge in [0.25, 0.3) is 5.91 Å². The largest absolute Gasteiger partial charge is 0.497 e. The molecule has 0 bridgehead atoms. The van der Waals surface area contributed by atoms with E-state index in [1.807, 2.05) is 31.3 Å². The first kappa shape index (κ1) is 22.0. The van der Waals surface area contributed by atoms with Crippen LogP contribution in [0.5, 0.6) is 5.75 Å². The number of aliphatic hydroxyl groups is 1. The molecule has 8 nitrogen and oxygen atoms in total. The topological polar surface area (TPSA) is 105 Å². The van der Waals surface area contributed by atoms with Crippen LogP contribution in [0, 0.1) is 6.92 Å². The number of nitrogen functional groups attached to an aromatic ring is 1. The van der Waals surface area contributed by atoms with Crippen molar-refractivity contribution < 1.29 is 14.6 Å². The van der Waals surface area contributed by atoms with Crippen molar-refractivity contribution in [2.45, 2.75) is 38.3 Å². The van der Waals surface area contributed by atoms with Crippen molar-refractivity contribution in [2.24, 2.45) is 0 Å². The maximum absolute atomic E-state index is 12.9. The smallest absolute Gasteiger partial charge is 0.272 e. The van der Waals surface area contributed by atoms with Crippen LogP contribution < -0.4 is 10.5 Å². The quantitative estimate of drug-likeness (QED) is 0.745. The lowest BCUT2D eigenvalue weighted by Gasteiger charge is -2.31. The Morgan fingerprint density at radius 3 is 2.67 bits per heavy atom. The fourth-order valence-corrected chi connectivity index (χ4v) is 4.00. The molecule has 2 aromatic rings. The van der Waals surface area contributed by atoms with Crippen LogP contribution in [0.1, 0.15) is 41.0 Å². The summed E-state index contributed by atoms with van der Waals surface area (Å²) >= 11 is 0. The molecular formula is C22H31N5O3. The number of benzene rings is 1. The Morgan fingerprint density at radius 2 is 2.00 bits per heavy atom. The Labute approximate surface area is 177 Å². The summed E-state index contributed by atoms with van der Waals surface area (Å²) in [5.74, 6) is 0.766. The van der Waals surface area contributed by atoms with Crippen LogP contribution in [0.4, 0.5) is 5.95 Å². The zero-order valence-corrected chi connectivity index (χ0v) is 18.0. The molecule has 0 spiro atoms. The highest BCUT2D eigenvalue weighted by molar-refractivity contribution is 5.92. The molecule has 0 unspecified atom stereocenters. The van der Waals surface area contributed by atoms with E-state index in [1.165, 1.54) is 0 Å². The van der Waals surface area contributed by atoms with Gasteiger partial charge in [0.2, 0.25) is 5.95 Å². The first-order chi connectivity index (χ1) is 14.3. The predicted molar refractivity (Wildman–Crippen MR) is 115 cm³/mol. The molecule has 1 aliphatic heterocycles. The normalized spacial score (nSPS) is 19.6. The molecule has 1 aromatic heterocycles. The minimum absolute atomic E-state index is 0.102. The SMILES string of the molecule is COc1ccc(CN(C)C[C@@]2(O)CCCN(C(=O)c3cc(C)nc(N)n3)CC2)cc1. The molecule has 0 aliphatic carbocycles. The predicted octanol–water partition coefficient (Wildman–Crippen LogP) is 1.87. The lowest BCUT2D eigenvalue weighted by Crippen LogP contribution is -2.42. The van der Waals surface area contributed by atoms with Gasteiger partial charge in [0.05, 0.1) is 12.7 Å². The van der Waals surface area contributed by atoms with Gasteiger partial charge < -0.3 is 20.5 Å². The number of likely N-dealkylation sites (N-methyl/N-ethyl adjacent to an activating group) is 1. The Bertz CT molecular complexity index is 853. The first-order valence-corrected chi connectivity index (χ1v) is 10.2. The van der Waals surface area contributed by atoms with Gasteiger partial charge in [0, 0.05) is 31.9 Å². The second-order valence-electron chi connectivity index (χ2n) is 8.14. The van der Waals surface area contributed by atoms with Crippen molar-refractivity contribution in [3.05, 3.63) is 47.3 Å². The van der Waals surface area contributed by atoms with Gasteiger partial charge in [0.1, 0.15) is 11.4 Å². The van der Waals surface area contributed by atoms with Crippen LogP contribution in [0.2, 0.25) is 0 Å². The monoisotopic (exact) mass is 413 g/mol. The van der Waals surface area contributed by atoms with Crippen molar-refractivity contribution >= 4 is 11.9 Å². The number of carbonyl (C=O) groups is 1. The summed E-state index contributed by atoms with van der Waals surface area (Å²) in [7, 11) is 3.65. The maximum atomic E-state index is 12.9. The van der Waals surface area contributed by atoms with E-state index in [2.05, 4.69) is 14.9 Å². The van der Waals surface area contributed by atoms with Crippen LogP contribution in [0.3, 0.4) is 0 Å². The highest BCUT2D eigenvalue weighted by Crippen LogP contribution is 2.25. The minimum atomic E-state index is -0.836. The molecule has 1 aromatic carbocycles. The summed E-state index contributed by atoms with van der Waals surface area (Å²) in [4.78, 5) is 24.8. The molecule has 30 heavy (non-hydrogen) atoms. The second-order valence-corrected chi connectivity index (χ2v) is 8.14. The Morgan fingerprint density at radius 1 is 1.27 bits per heavy atom. The third-order valence-electron chi connectivity index (χ3n) is 5.47. The van der Waals surface area contributed by atoms with Crippen molar-refractivity contribution in [3.63, 3.8) is 0 Å². The summed E-state index contributed by atoms with van der Waals surface area (Å²) in [6.07, 6.45) is 1.90. The van der Waals surface area contributed by atoms with Gasteiger partial charge in [-0.3, -0.25) is 9.69 Å². The number of aromatic nitrogens is 2. The van der Waals surface area contributed by atoms with Gasteiger partial charge in [-0.25, -0.2) is 9.97 Å². The van der Waals surface area contributed by atoms with E-state index in [0.717, 1.165) is 24.3 Å². The van der Waals surface area contributed by atoms with Gasteiger partial charge in [-0.15, -0.1) is 0 Å². The lowest BCUT2D eigenvalue weighted by atomic mass is 9.94. The molecule has 8 heteroatoms. The van der Waals surface area contributed by atoms with Gasteiger partial charge >= 0.3 is 0 Å². The number of hydrogen-bond donors (Lipinski definition) is 2. The lowest BCUT2D eigenvalue weighted by molar-refractivity contribution is -0.00402. The number of aryl methyl sites for hydroxylation is 1. The summed E-state index contributed by atoms with van der Waals surface area (Å²) in [5.41, 5.74) is 6.98. The highest BCUT2D eigenvalue weighted by Gasteiger charge is 2.33. The van der Waals surface area contributed by atoms with E-state index < -0.39 is 5.60 Å².